The van der Waals surface area contributed by atoms with Gasteiger partial charge in [0, 0.05) is 24.8 Å². The summed E-state index contributed by atoms with van der Waals surface area (Å²) in [6.45, 7) is 3.65. The number of benzene rings is 1. The number of hydrogen-bond donors (Lipinski definition) is 2. The minimum absolute atomic E-state index is 0.0591. The lowest BCUT2D eigenvalue weighted by molar-refractivity contribution is -0.384. The minimum Gasteiger partial charge on any atom is -0.396 e. The van der Waals surface area contributed by atoms with Gasteiger partial charge in [-0.05, 0) is 17.9 Å². The summed E-state index contributed by atoms with van der Waals surface area (Å²) in [6, 6.07) is 5.07. The quantitative estimate of drug-likeness (QED) is 0.557. The number of nitro groups is 1. The Balaban J connectivity index is 2.77. The molecule has 21 heavy (non-hydrogen) atoms. The summed E-state index contributed by atoms with van der Waals surface area (Å²) in [4.78, 5) is 10.0. The molecular formula is C13H20N2O5S. The van der Waals surface area contributed by atoms with Crippen LogP contribution in [-0.2, 0) is 15.8 Å². The maximum atomic E-state index is 12.1. The summed E-state index contributed by atoms with van der Waals surface area (Å²) in [6.07, 6.45) is 0.344. The van der Waals surface area contributed by atoms with E-state index in [0.717, 1.165) is 0 Å². The van der Waals surface area contributed by atoms with E-state index in [-0.39, 0.29) is 30.0 Å². The second-order valence-corrected chi connectivity index (χ2v) is 6.92. The monoisotopic (exact) mass is 316 g/mol. The second-order valence-electron chi connectivity index (χ2n) is 5.16. The molecule has 1 aromatic rings. The molecule has 0 spiro atoms. The second kappa shape index (κ2) is 7.48. The highest BCUT2D eigenvalue weighted by Gasteiger charge is 2.21. The molecule has 2 N–H and O–H groups in total. The van der Waals surface area contributed by atoms with E-state index >= 15 is 0 Å². The first-order chi connectivity index (χ1) is 9.75. The van der Waals surface area contributed by atoms with Crippen molar-refractivity contribution in [2.45, 2.75) is 32.1 Å². The number of nitrogens with zero attached hydrogens (tertiary/aromatic N) is 1. The third-order valence-corrected chi connectivity index (χ3v) is 4.45. The fraction of sp³-hybridized carbons (Fsp3) is 0.538. The molecule has 1 rings (SSSR count). The number of aliphatic hydroxyl groups excluding tert-OH is 1. The number of aliphatic hydroxyl groups is 1. The van der Waals surface area contributed by atoms with E-state index in [1.807, 2.05) is 13.8 Å². The Labute approximate surface area is 124 Å². The van der Waals surface area contributed by atoms with Crippen LogP contribution in [0.3, 0.4) is 0 Å². The molecule has 0 aliphatic heterocycles. The molecular weight excluding hydrogens is 296 g/mol. The zero-order valence-corrected chi connectivity index (χ0v) is 12.8. The molecule has 1 atom stereocenters. The van der Waals surface area contributed by atoms with Gasteiger partial charge in [0.25, 0.3) is 5.69 Å². The van der Waals surface area contributed by atoms with Crippen molar-refractivity contribution >= 4 is 15.7 Å². The number of nitro benzene ring substituents is 1. The fourth-order valence-electron chi connectivity index (χ4n) is 1.87. The van der Waals surface area contributed by atoms with Gasteiger partial charge in [-0.3, -0.25) is 10.1 Å². The maximum Gasteiger partial charge on any atom is 0.269 e. The third kappa shape index (κ3) is 5.78. The van der Waals surface area contributed by atoms with Crippen molar-refractivity contribution in [2.24, 2.45) is 5.92 Å². The van der Waals surface area contributed by atoms with Crippen molar-refractivity contribution < 1.29 is 18.4 Å². The van der Waals surface area contributed by atoms with E-state index in [1.54, 1.807) is 0 Å². The Kier molecular flexibility index (Phi) is 6.25. The fourth-order valence-corrected chi connectivity index (χ4v) is 3.44. The highest BCUT2D eigenvalue weighted by molar-refractivity contribution is 7.88. The van der Waals surface area contributed by atoms with E-state index in [4.69, 9.17) is 5.11 Å². The van der Waals surface area contributed by atoms with Gasteiger partial charge in [-0.25, -0.2) is 13.1 Å². The Hall–Kier alpha value is -1.51. The van der Waals surface area contributed by atoms with Crippen molar-refractivity contribution in [1.82, 2.24) is 4.72 Å². The number of nitrogens with one attached hydrogen (secondary N) is 1. The van der Waals surface area contributed by atoms with Crippen LogP contribution in [0, 0.1) is 16.0 Å². The molecule has 0 amide bonds. The minimum atomic E-state index is -3.57. The Bertz CT molecular complexity index is 569. The van der Waals surface area contributed by atoms with Crippen LogP contribution in [0.2, 0.25) is 0 Å². The first-order valence-electron chi connectivity index (χ1n) is 6.59. The average molecular weight is 316 g/mol. The molecule has 0 saturated heterocycles. The Morgan fingerprint density at radius 3 is 2.29 bits per heavy atom. The molecule has 1 unspecified atom stereocenters. The lowest BCUT2D eigenvalue weighted by Gasteiger charge is -2.21. The summed E-state index contributed by atoms with van der Waals surface area (Å²) in [5, 5.41) is 19.5. The molecule has 0 saturated carbocycles. The molecule has 0 aliphatic carbocycles. The van der Waals surface area contributed by atoms with E-state index in [1.165, 1.54) is 24.3 Å². The van der Waals surface area contributed by atoms with E-state index in [0.29, 0.717) is 12.0 Å². The van der Waals surface area contributed by atoms with Crippen molar-refractivity contribution in [2.75, 3.05) is 6.61 Å². The van der Waals surface area contributed by atoms with Crippen molar-refractivity contribution in [3.63, 3.8) is 0 Å². The predicted molar refractivity (Wildman–Crippen MR) is 79.2 cm³/mol. The molecule has 0 fully saturated rings. The molecule has 0 radical (unpaired) electrons. The zero-order chi connectivity index (χ0) is 16.0. The zero-order valence-electron chi connectivity index (χ0n) is 12.0. The number of rotatable bonds is 8. The van der Waals surface area contributed by atoms with Gasteiger partial charge >= 0.3 is 0 Å². The highest BCUT2D eigenvalue weighted by Crippen LogP contribution is 2.15. The summed E-state index contributed by atoms with van der Waals surface area (Å²) in [5.41, 5.74) is 0.393. The average Bonchev–Trinajstić information content (AvgIpc) is 2.38. The van der Waals surface area contributed by atoms with Crippen LogP contribution in [0.1, 0.15) is 25.8 Å². The summed E-state index contributed by atoms with van der Waals surface area (Å²) in [5.74, 6) is -0.191. The van der Waals surface area contributed by atoms with Gasteiger partial charge in [-0.2, -0.15) is 0 Å². The molecule has 0 aliphatic rings. The standard InChI is InChI=1S/C13H20N2O5S/c1-10(2)13(7-8-16)14-21(19,20)9-11-3-5-12(6-4-11)15(17)18/h3-6,10,13-14,16H,7-9H2,1-2H3. The van der Waals surface area contributed by atoms with Gasteiger partial charge < -0.3 is 5.11 Å². The van der Waals surface area contributed by atoms with Crippen LogP contribution >= 0.6 is 0 Å². The summed E-state index contributed by atoms with van der Waals surface area (Å²) >= 11 is 0. The summed E-state index contributed by atoms with van der Waals surface area (Å²) < 4.78 is 26.7. The molecule has 1 aromatic carbocycles. The van der Waals surface area contributed by atoms with Crippen LogP contribution in [-0.4, -0.2) is 31.1 Å². The molecule has 0 heterocycles. The Morgan fingerprint density at radius 2 is 1.86 bits per heavy atom. The van der Waals surface area contributed by atoms with E-state index in [9.17, 15) is 18.5 Å². The molecule has 0 bridgehead atoms. The van der Waals surface area contributed by atoms with Crippen molar-refractivity contribution in [1.29, 1.82) is 0 Å². The SMILES string of the molecule is CC(C)C(CCO)NS(=O)(=O)Cc1ccc([N+](=O)[O-])cc1. The third-order valence-electron chi connectivity index (χ3n) is 3.08. The number of hydrogen-bond acceptors (Lipinski definition) is 5. The highest BCUT2D eigenvalue weighted by atomic mass is 32.2. The van der Waals surface area contributed by atoms with Crippen molar-refractivity contribution in [3.05, 3.63) is 39.9 Å². The molecule has 7 nitrogen and oxygen atoms in total. The van der Waals surface area contributed by atoms with Crippen LogP contribution in [0.15, 0.2) is 24.3 Å². The molecule has 0 aromatic heterocycles. The van der Waals surface area contributed by atoms with E-state index in [2.05, 4.69) is 4.72 Å². The lowest BCUT2D eigenvalue weighted by Crippen LogP contribution is -2.39. The van der Waals surface area contributed by atoms with Crippen LogP contribution in [0.4, 0.5) is 5.69 Å². The van der Waals surface area contributed by atoms with Crippen LogP contribution < -0.4 is 4.72 Å². The van der Waals surface area contributed by atoms with Gasteiger partial charge in [0.1, 0.15) is 0 Å². The van der Waals surface area contributed by atoms with Gasteiger partial charge in [-0.15, -0.1) is 0 Å². The van der Waals surface area contributed by atoms with Gasteiger partial charge in [-0.1, -0.05) is 26.0 Å². The topological polar surface area (TPSA) is 110 Å². The van der Waals surface area contributed by atoms with Gasteiger partial charge in [0.05, 0.1) is 10.7 Å². The molecule has 118 valence electrons. The first kappa shape index (κ1) is 17.5. The van der Waals surface area contributed by atoms with Crippen molar-refractivity contribution in [3.8, 4) is 0 Å². The maximum absolute atomic E-state index is 12.1. The largest absolute Gasteiger partial charge is 0.396 e. The van der Waals surface area contributed by atoms with Crippen LogP contribution in [0.5, 0.6) is 0 Å². The number of non-ortho nitro benzene ring substituents is 1. The van der Waals surface area contributed by atoms with E-state index < -0.39 is 14.9 Å². The Morgan fingerprint density at radius 1 is 1.29 bits per heavy atom. The lowest BCUT2D eigenvalue weighted by atomic mass is 10.0. The normalized spacial score (nSPS) is 13.3. The smallest absolute Gasteiger partial charge is 0.269 e. The van der Waals surface area contributed by atoms with Crippen LogP contribution in [0.25, 0.3) is 0 Å². The molecule has 8 heteroatoms. The van der Waals surface area contributed by atoms with Gasteiger partial charge in [0.15, 0.2) is 0 Å². The number of sulfonamides is 1. The predicted octanol–water partition coefficient (Wildman–Crippen LogP) is 1.42. The van der Waals surface area contributed by atoms with Gasteiger partial charge in [0.2, 0.25) is 10.0 Å². The first-order valence-corrected chi connectivity index (χ1v) is 8.24. The summed E-state index contributed by atoms with van der Waals surface area (Å²) in [7, 11) is -3.57.